The Hall–Kier alpha value is -3.85. The predicted octanol–water partition coefficient (Wildman–Crippen LogP) is 4.81. The Bertz CT molecular complexity index is 1470. The Kier molecular flexibility index (Phi) is 6.56. The van der Waals surface area contributed by atoms with Crippen molar-refractivity contribution >= 4 is 34.4 Å². The number of thioether (sulfide) groups is 1. The van der Waals surface area contributed by atoms with Crippen LogP contribution in [0.5, 0.6) is 0 Å². The van der Waals surface area contributed by atoms with Gasteiger partial charge in [-0.1, -0.05) is 30.0 Å². The molecule has 0 amide bonds. The molecular formula is C25H18F2N2O4S. The van der Waals surface area contributed by atoms with Crippen LogP contribution in [-0.4, -0.2) is 33.7 Å². The first-order valence-electron chi connectivity index (χ1n) is 10.2. The number of nitrogens with zero attached hydrogens (tertiary/aromatic N) is 2. The fourth-order valence-corrected chi connectivity index (χ4v) is 4.39. The summed E-state index contributed by atoms with van der Waals surface area (Å²) in [5.74, 6) is -3.20. The zero-order valence-corrected chi connectivity index (χ0v) is 18.9. The van der Waals surface area contributed by atoms with Gasteiger partial charge in [-0.2, -0.15) is 0 Å². The third kappa shape index (κ3) is 4.47. The molecule has 34 heavy (non-hydrogen) atoms. The van der Waals surface area contributed by atoms with Crippen molar-refractivity contribution in [2.24, 2.45) is 0 Å². The summed E-state index contributed by atoms with van der Waals surface area (Å²) in [7, 11) is 1.25. The number of carbonyl (C=O) groups is 2. The van der Waals surface area contributed by atoms with Gasteiger partial charge in [-0.25, -0.2) is 18.6 Å². The van der Waals surface area contributed by atoms with E-state index in [-0.39, 0.29) is 32.7 Å². The van der Waals surface area contributed by atoms with Crippen molar-refractivity contribution in [1.29, 1.82) is 0 Å². The summed E-state index contributed by atoms with van der Waals surface area (Å²) >= 11 is 0.997. The first-order chi connectivity index (χ1) is 16.3. The molecule has 1 unspecified atom stereocenters. The van der Waals surface area contributed by atoms with Crippen molar-refractivity contribution < 1.29 is 23.1 Å². The quantitative estimate of drug-likeness (QED) is 0.171. The number of ether oxygens (including phenoxy) is 1. The largest absolute Gasteiger partial charge is 0.465 e. The Morgan fingerprint density at radius 2 is 1.68 bits per heavy atom. The molecule has 0 spiro atoms. The lowest BCUT2D eigenvalue weighted by Crippen LogP contribution is -2.24. The van der Waals surface area contributed by atoms with Crippen LogP contribution in [-0.2, 0) is 4.74 Å². The Labute approximate surface area is 197 Å². The average molecular weight is 480 g/mol. The summed E-state index contributed by atoms with van der Waals surface area (Å²) in [6.45, 7) is 1.59. The highest BCUT2D eigenvalue weighted by Crippen LogP contribution is 2.28. The summed E-state index contributed by atoms with van der Waals surface area (Å²) < 4.78 is 33.1. The normalized spacial score (nSPS) is 11.9. The zero-order chi connectivity index (χ0) is 24.4. The summed E-state index contributed by atoms with van der Waals surface area (Å²) in [5, 5.41) is -0.303. The lowest BCUT2D eigenvalue weighted by Gasteiger charge is -2.16. The summed E-state index contributed by atoms with van der Waals surface area (Å²) in [5.41, 5.74) is 0.633. The van der Waals surface area contributed by atoms with Gasteiger partial charge in [0.2, 0.25) is 0 Å². The van der Waals surface area contributed by atoms with E-state index in [1.165, 1.54) is 35.9 Å². The second-order valence-corrected chi connectivity index (χ2v) is 8.66. The number of carbonyl (C=O) groups excluding carboxylic acids is 2. The standard InChI is InChI=1S/C25H18F2N2O4S/c1-14(22(30)15-9-11-19(26)20(27)12-15)34-25-28-21-13-16(24(32)33-2)8-10-18(21)23(31)29(25)17-6-4-3-5-7-17/h3-14H,1-2H3. The topological polar surface area (TPSA) is 78.3 Å². The lowest BCUT2D eigenvalue weighted by molar-refractivity contribution is 0.0600. The molecule has 0 aliphatic carbocycles. The number of hydrogen-bond acceptors (Lipinski definition) is 6. The molecule has 0 bridgehead atoms. The molecule has 0 fully saturated rings. The van der Waals surface area contributed by atoms with Crippen LogP contribution < -0.4 is 5.56 Å². The Morgan fingerprint density at radius 1 is 0.971 bits per heavy atom. The van der Waals surface area contributed by atoms with Crippen molar-refractivity contribution in [1.82, 2.24) is 9.55 Å². The van der Waals surface area contributed by atoms with Gasteiger partial charge >= 0.3 is 5.97 Å². The van der Waals surface area contributed by atoms with Gasteiger partial charge in [-0.15, -0.1) is 0 Å². The highest BCUT2D eigenvalue weighted by atomic mass is 32.2. The van der Waals surface area contributed by atoms with E-state index in [9.17, 15) is 23.2 Å². The van der Waals surface area contributed by atoms with E-state index in [2.05, 4.69) is 4.98 Å². The van der Waals surface area contributed by atoms with Gasteiger partial charge in [-0.3, -0.25) is 14.2 Å². The molecule has 0 saturated heterocycles. The van der Waals surface area contributed by atoms with E-state index in [4.69, 9.17) is 4.74 Å². The van der Waals surface area contributed by atoms with Crippen molar-refractivity contribution in [2.45, 2.75) is 17.3 Å². The fraction of sp³-hybridized carbons (Fsp3) is 0.120. The van der Waals surface area contributed by atoms with Crippen LogP contribution in [0.25, 0.3) is 16.6 Å². The highest BCUT2D eigenvalue weighted by Gasteiger charge is 2.23. The third-order valence-electron chi connectivity index (χ3n) is 5.13. The van der Waals surface area contributed by atoms with E-state index >= 15 is 0 Å². The van der Waals surface area contributed by atoms with Crippen molar-refractivity contribution in [3.63, 3.8) is 0 Å². The van der Waals surface area contributed by atoms with Crippen LogP contribution in [0.2, 0.25) is 0 Å². The van der Waals surface area contributed by atoms with Gasteiger partial charge in [0.1, 0.15) is 0 Å². The van der Waals surface area contributed by atoms with E-state index < -0.39 is 28.6 Å². The van der Waals surface area contributed by atoms with E-state index in [0.717, 1.165) is 23.9 Å². The van der Waals surface area contributed by atoms with Crippen molar-refractivity contribution in [3.8, 4) is 5.69 Å². The molecule has 4 rings (SSSR count). The maximum Gasteiger partial charge on any atom is 0.337 e. The van der Waals surface area contributed by atoms with Crippen LogP contribution in [0.15, 0.2) is 76.7 Å². The molecule has 0 saturated carbocycles. The molecule has 9 heteroatoms. The smallest absolute Gasteiger partial charge is 0.337 e. The number of benzene rings is 3. The summed E-state index contributed by atoms with van der Waals surface area (Å²) in [4.78, 5) is 42.8. The van der Waals surface area contributed by atoms with E-state index in [1.807, 2.05) is 0 Å². The predicted molar refractivity (Wildman–Crippen MR) is 125 cm³/mol. The molecule has 1 heterocycles. The van der Waals surface area contributed by atoms with Crippen molar-refractivity contribution in [2.75, 3.05) is 7.11 Å². The molecule has 172 valence electrons. The first kappa shape index (κ1) is 23.3. The number of fused-ring (bicyclic) bond motifs is 1. The summed E-state index contributed by atoms with van der Waals surface area (Å²) in [6, 6.07) is 16.1. The van der Waals surface area contributed by atoms with E-state index in [0.29, 0.717) is 5.69 Å². The Balaban J connectivity index is 1.83. The molecular weight excluding hydrogens is 462 g/mol. The SMILES string of the molecule is COC(=O)c1ccc2c(=O)n(-c3ccccc3)c(SC(C)C(=O)c3ccc(F)c(F)c3)nc2c1. The molecule has 3 aromatic carbocycles. The van der Waals surface area contributed by atoms with Gasteiger partial charge in [-0.05, 0) is 55.5 Å². The number of rotatable bonds is 6. The number of methoxy groups -OCH3 is 1. The molecule has 1 atom stereocenters. The van der Waals surface area contributed by atoms with Crippen molar-refractivity contribution in [3.05, 3.63) is 99.8 Å². The van der Waals surface area contributed by atoms with Crippen LogP contribution >= 0.6 is 11.8 Å². The minimum Gasteiger partial charge on any atom is -0.465 e. The van der Waals surface area contributed by atoms with Crippen LogP contribution in [0.4, 0.5) is 8.78 Å². The number of esters is 1. The number of Topliss-reactive ketones (excluding diaryl/α,β-unsaturated/α-hetero) is 1. The number of ketones is 1. The van der Waals surface area contributed by atoms with Crippen LogP contribution in [0.1, 0.15) is 27.6 Å². The second kappa shape index (κ2) is 9.56. The zero-order valence-electron chi connectivity index (χ0n) is 18.1. The number of hydrogen-bond donors (Lipinski definition) is 0. The van der Waals surface area contributed by atoms with Gasteiger partial charge < -0.3 is 4.74 Å². The molecule has 0 radical (unpaired) electrons. The summed E-state index contributed by atoms with van der Waals surface area (Å²) in [6.07, 6.45) is 0. The first-order valence-corrected chi connectivity index (χ1v) is 11.0. The van der Waals surface area contributed by atoms with Crippen LogP contribution in [0, 0.1) is 11.6 Å². The third-order valence-corrected chi connectivity index (χ3v) is 6.18. The number of aromatic nitrogens is 2. The molecule has 0 N–H and O–H groups in total. The number of halogens is 2. The van der Waals surface area contributed by atoms with Gasteiger partial charge in [0, 0.05) is 5.56 Å². The highest BCUT2D eigenvalue weighted by molar-refractivity contribution is 8.00. The number of para-hydroxylation sites is 1. The molecule has 6 nitrogen and oxygen atoms in total. The minimum atomic E-state index is -1.12. The van der Waals surface area contributed by atoms with E-state index in [1.54, 1.807) is 37.3 Å². The average Bonchev–Trinajstić information content (AvgIpc) is 2.85. The monoisotopic (exact) mass is 480 g/mol. The van der Waals surface area contributed by atoms with Crippen LogP contribution in [0.3, 0.4) is 0 Å². The van der Waals surface area contributed by atoms with Gasteiger partial charge in [0.15, 0.2) is 22.6 Å². The Morgan fingerprint density at radius 3 is 2.35 bits per heavy atom. The molecule has 4 aromatic rings. The van der Waals surface area contributed by atoms with Gasteiger partial charge in [0.25, 0.3) is 5.56 Å². The molecule has 0 aliphatic rings. The molecule has 1 aromatic heterocycles. The minimum absolute atomic E-state index is 0.00118. The van der Waals surface area contributed by atoms with Gasteiger partial charge in [0.05, 0.1) is 34.5 Å². The maximum absolute atomic E-state index is 13.6. The molecule has 0 aliphatic heterocycles. The maximum atomic E-state index is 13.6. The second-order valence-electron chi connectivity index (χ2n) is 7.35. The lowest BCUT2D eigenvalue weighted by atomic mass is 10.1. The fourth-order valence-electron chi connectivity index (χ4n) is 3.39.